The Morgan fingerprint density at radius 2 is 1.82 bits per heavy atom. The zero-order chi connectivity index (χ0) is 21.8. The minimum Gasteiger partial charge on any atom is -0.491 e. The number of pyridine rings is 1. The summed E-state index contributed by atoms with van der Waals surface area (Å²) in [6.45, 7) is 22.3. The van der Waals surface area contributed by atoms with Crippen molar-refractivity contribution >= 4 is 24.2 Å². The number of unbranched alkanes of at least 4 members (excludes halogenated alkanes) is 1. The zero-order valence-electron chi connectivity index (χ0n) is 19.1. The number of hydrogen-bond donors (Lipinski definition) is 0. The van der Waals surface area contributed by atoms with Crippen molar-refractivity contribution in [2.75, 3.05) is 13.7 Å². The van der Waals surface area contributed by atoms with Crippen LogP contribution in [-0.2, 0) is 4.43 Å². The Hall–Kier alpha value is -0.853. The summed E-state index contributed by atoms with van der Waals surface area (Å²) >= 11 is 3.56. The molecule has 1 aromatic rings. The minimum absolute atomic E-state index is 0.0750. The van der Waals surface area contributed by atoms with Crippen molar-refractivity contribution in [1.82, 2.24) is 4.98 Å². The number of aromatic nitrogens is 1. The van der Waals surface area contributed by atoms with Crippen molar-refractivity contribution in [1.29, 1.82) is 0 Å². The van der Waals surface area contributed by atoms with Crippen LogP contribution in [-0.4, -0.2) is 27.0 Å². The van der Waals surface area contributed by atoms with Crippen LogP contribution >= 0.6 is 15.9 Å². The molecule has 1 unspecified atom stereocenters. The molecule has 1 aromatic heterocycles. The van der Waals surface area contributed by atoms with Gasteiger partial charge in [-0.05, 0) is 40.5 Å². The van der Waals surface area contributed by atoms with E-state index in [1.165, 1.54) is 0 Å². The monoisotopic (exact) mass is 471 g/mol. The molecule has 0 aliphatic rings. The molecule has 0 spiro atoms. The third-order valence-electron chi connectivity index (χ3n) is 5.59. The normalized spacial score (nSPS) is 13.9. The van der Waals surface area contributed by atoms with Crippen LogP contribution in [0.25, 0.3) is 0 Å². The number of rotatable bonds is 10. The molecule has 0 amide bonds. The Bertz CT molecular complexity index is 668. The highest BCUT2D eigenvalue weighted by Crippen LogP contribution is 2.49. The Balaban J connectivity index is 3.53. The van der Waals surface area contributed by atoms with E-state index < -0.39 is 8.32 Å². The maximum absolute atomic E-state index is 6.86. The quantitative estimate of drug-likeness (QED) is 0.203. The molecule has 0 bridgehead atoms. The SMILES string of the molecule is C=CC(C)(C)C(O[Si](C)(C)C(C)(C)C)c1ncc(Br)c(OCCCC)c1OC. The first kappa shape index (κ1) is 25.2. The van der Waals surface area contributed by atoms with Crippen molar-refractivity contribution in [2.45, 2.75) is 78.6 Å². The second-order valence-electron chi connectivity index (χ2n) is 9.34. The lowest BCUT2D eigenvalue weighted by atomic mass is 9.84. The summed E-state index contributed by atoms with van der Waals surface area (Å²) in [5.41, 5.74) is 0.427. The number of nitrogens with zero attached hydrogens (tertiary/aromatic N) is 1. The smallest absolute Gasteiger partial charge is 0.193 e. The van der Waals surface area contributed by atoms with Crippen molar-refractivity contribution < 1.29 is 13.9 Å². The first-order valence-electron chi connectivity index (χ1n) is 9.99. The molecule has 0 aromatic carbocycles. The number of methoxy groups -OCH3 is 1. The fourth-order valence-corrected chi connectivity index (χ4v) is 4.20. The van der Waals surface area contributed by atoms with Crippen LogP contribution in [0.1, 0.15) is 66.2 Å². The highest BCUT2D eigenvalue weighted by Gasteiger charge is 2.44. The largest absolute Gasteiger partial charge is 0.491 e. The van der Waals surface area contributed by atoms with Gasteiger partial charge in [0.15, 0.2) is 19.8 Å². The number of hydrogen-bond acceptors (Lipinski definition) is 4. The van der Waals surface area contributed by atoms with Gasteiger partial charge in [0.2, 0.25) is 0 Å². The van der Waals surface area contributed by atoms with Gasteiger partial charge in [-0.3, -0.25) is 4.98 Å². The number of halogens is 1. The second kappa shape index (κ2) is 9.77. The molecule has 1 atom stereocenters. The molecule has 1 rings (SSSR count). The van der Waals surface area contributed by atoms with E-state index in [1.54, 1.807) is 13.3 Å². The average molecular weight is 473 g/mol. The molecule has 6 heteroatoms. The molecule has 0 aliphatic heterocycles. The summed E-state index contributed by atoms with van der Waals surface area (Å²) in [5, 5.41) is 0.0750. The van der Waals surface area contributed by atoms with E-state index in [9.17, 15) is 0 Å². The van der Waals surface area contributed by atoms with Gasteiger partial charge in [0.1, 0.15) is 5.69 Å². The highest BCUT2D eigenvalue weighted by atomic mass is 79.9. The lowest BCUT2D eigenvalue weighted by molar-refractivity contribution is 0.0846. The van der Waals surface area contributed by atoms with Gasteiger partial charge >= 0.3 is 0 Å². The van der Waals surface area contributed by atoms with E-state index in [2.05, 4.69) is 77.1 Å². The Kier molecular flexibility index (Phi) is 8.78. The van der Waals surface area contributed by atoms with Crippen molar-refractivity contribution in [3.05, 3.63) is 29.0 Å². The summed E-state index contributed by atoms with van der Waals surface area (Å²) in [5.74, 6) is 1.31. The lowest BCUT2D eigenvalue weighted by Gasteiger charge is -2.43. The summed E-state index contributed by atoms with van der Waals surface area (Å²) in [6.07, 6.45) is 5.47. The molecule has 4 nitrogen and oxygen atoms in total. The second-order valence-corrected chi connectivity index (χ2v) is 15.0. The predicted octanol–water partition coefficient (Wildman–Crippen LogP) is 7.31. The van der Waals surface area contributed by atoms with Gasteiger partial charge in [0, 0.05) is 11.6 Å². The molecular weight excluding hydrogens is 434 g/mol. The van der Waals surface area contributed by atoms with E-state index in [1.807, 2.05) is 6.08 Å². The third-order valence-corrected chi connectivity index (χ3v) is 10.6. The first-order chi connectivity index (χ1) is 12.8. The summed E-state index contributed by atoms with van der Waals surface area (Å²) in [4.78, 5) is 4.72. The standard InChI is InChI=1S/C22H38BrNO3Si/c1-11-13-14-26-18-16(23)15-24-17(19(18)25-8)20(22(6,7)12-2)27-28(9,10)21(3,4)5/h12,15,20H,2,11,13-14H2,1,3-10H3. The highest BCUT2D eigenvalue weighted by molar-refractivity contribution is 9.10. The van der Waals surface area contributed by atoms with Crippen LogP contribution in [0.4, 0.5) is 0 Å². The molecular formula is C22H38BrNO3Si. The molecule has 0 N–H and O–H groups in total. The lowest BCUT2D eigenvalue weighted by Crippen LogP contribution is -2.44. The van der Waals surface area contributed by atoms with Crippen molar-refractivity contribution in [3.8, 4) is 11.5 Å². The van der Waals surface area contributed by atoms with E-state index in [0.717, 1.165) is 23.0 Å². The minimum atomic E-state index is -2.07. The van der Waals surface area contributed by atoms with Gasteiger partial charge in [-0.1, -0.05) is 54.0 Å². The summed E-state index contributed by atoms with van der Waals surface area (Å²) < 4.78 is 19.5. The summed E-state index contributed by atoms with van der Waals surface area (Å²) in [6, 6.07) is 0. The van der Waals surface area contributed by atoms with Gasteiger partial charge in [-0.15, -0.1) is 6.58 Å². The van der Waals surface area contributed by atoms with Gasteiger partial charge in [0.05, 0.1) is 24.3 Å². The fraction of sp³-hybridized carbons (Fsp3) is 0.682. The predicted molar refractivity (Wildman–Crippen MR) is 124 cm³/mol. The van der Waals surface area contributed by atoms with E-state index in [0.29, 0.717) is 18.1 Å². The molecule has 28 heavy (non-hydrogen) atoms. The van der Waals surface area contributed by atoms with Crippen LogP contribution in [0, 0.1) is 5.41 Å². The van der Waals surface area contributed by atoms with Gasteiger partial charge < -0.3 is 13.9 Å². The third kappa shape index (κ3) is 5.83. The molecule has 0 saturated carbocycles. The average Bonchev–Trinajstić information content (AvgIpc) is 2.60. The van der Waals surface area contributed by atoms with Crippen LogP contribution in [0.15, 0.2) is 23.3 Å². The maximum atomic E-state index is 6.86. The van der Waals surface area contributed by atoms with Crippen LogP contribution in [0.5, 0.6) is 11.5 Å². The van der Waals surface area contributed by atoms with Crippen LogP contribution in [0.3, 0.4) is 0 Å². The molecule has 160 valence electrons. The topological polar surface area (TPSA) is 40.6 Å². The summed E-state index contributed by atoms with van der Waals surface area (Å²) in [7, 11) is -0.414. The zero-order valence-corrected chi connectivity index (χ0v) is 21.7. The van der Waals surface area contributed by atoms with E-state index in [-0.39, 0.29) is 16.6 Å². The Morgan fingerprint density at radius 1 is 1.21 bits per heavy atom. The Morgan fingerprint density at radius 3 is 2.29 bits per heavy atom. The Labute approximate surface area is 181 Å². The molecule has 0 fully saturated rings. The van der Waals surface area contributed by atoms with Gasteiger partial charge in [0.25, 0.3) is 0 Å². The number of ether oxygens (including phenoxy) is 2. The maximum Gasteiger partial charge on any atom is 0.193 e. The molecule has 0 aliphatic carbocycles. The van der Waals surface area contributed by atoms with Crippen LogP contribution in [0.2, 0.25) is 18.1 Å². The molecule has 1 heterocycles. The van der Waals surface area contributed by atoms with E-state index >= 15 is 0 Å². The molecule has 0 radical (unpaired) electrons. The van der Waals surface area contributed by atoms with Crippen molar-refractivity contribution in [2.24, 2.45) is 5.41 Å². The fourth-order valence-electron chi connectivity index (χ4n) is 2.44. The molecule has 0 saturated heterocycles. The van der Waals surface area contributed by atoms with Gasteiger partial charge in [-0.2, -0.15) is 0 Å². The van der Waals surface area contributed by atoms with Gasteiger partial charge in [-0.25, -0.2) is 0 Å². The van der Waals surface area contributed by atoms with Crippen molar-refractivity contribution in [3.63, 3.8) is 0 Å². The van der Waals surface area contributed by atoms with E-state index in [4.69, 9.17) is 18.9 Å². The first-order valence-corrected chi connectivity index (χ1v) is 13.7. The van der Waals surface area contributed by atoms with Crippen LogP contribution < -0.4 is 9.47 Å².